The van der Waals surface area contributed by atoms with E-state index in [9.17, 15) is 14.4 Å². The number of aromatic nitrogens is 6. The van der Waals surface area contributed by atoms with Crippen molar-refractivity contribution in [3.05, 3.63) is 63.0 Å². The fraction of sp³-hybridized carbons (Fsp3) is 0.273. The van der Waals surface area contributed by atoms with E-state index in [2.05, 4.69) is 24.8 Å². The van der Waals surface area contributed by atoms with Crippen molar-refractivity contribution in [3.8, 4) is 11.3 Å². The molecule has 12 heteroatoms. The Balaban J connectivity index is 1.67. The first kappa shape index (κ1) is 21.4. The number of nitrogens with zero attached hydrogens (tertiary/aromatic N) is 7. The highest BCUT2D eigenvalue weighted by molar-refractivity contribution is 6.01. The number of hydrogen-bond acceptors (Lipinski definition) is 8. The molecule has 170 valence electrons. The van der Waals surface area contributed by atoms with E-state index in [4.69, 9.17) is 17.3 Å². The molecule has 3 N–H and O–H groups in total. The van der Waals surface area contributed by atoms with Crippen LogP contribution in [0.2, 0.25) is 0 Å². The van der Waals surface area contributed by atoms with Crippen LogP contribution in [0.15, 0.2) is 40.3 Å². The molecule has 1 amide bonds. The summed E-state index contributed by atoms with van der Waals surface area (Å²) in [5, 5.41) is 0.260. The summed E-state index contributed by atoms with van der Waals surface area (Å²) >= 11 is 0. The van der Waals surface area contributed by atoms with Gasteiger partial charge in [-0.15, -0.1) is 6.57 Å². The van der Waals surface area contributed by atoms with E-state index < -0.39 is 17.2 Å². The van der Waals surface area contributed by atoms with Gasteiger partial charge >= 0.3 is 11.6 Å². The third-order valence-corrected chi connectivity index (χ3v) is 5.95. The van der Waals surface area contributed by atoms with Gasteiger partial charge < -0.3 is 10.6 Å². The Hall–Kier alpha value is -4.50. The maximum atomic E-state index is 13.0. The van der Waals surface area contributed by atoms with Crippen LogP contribution in [0.4, 0.5) is 5.95 Å². The van der Waals surface area contributed by atoms with Crippen LogP contribution in [0.5, 0.6) is 0 Å². The minimum atomic E-state index is -0.534. The van der Waals surface area contributed by atoms with Crippen molar-refractivity contribution in [1.29, 1.82) is 0 Å². The lowest BCUT2D eigenvalue weighted by molar-refractivity contribution is -0.119. The number of carbonyl (C=O) groups excluding carboxylic acids is 1. The van der Waals surface area contributed by atoms with Gasteiger partial charge in [0.15, 0.2) is 0 Å². The van der Waals surface area contributed by atoms with Crippen molar-refractivity contribution in [3.63, 3.8) is 0 Å². The molecule has 0 aliphatic carbocycles. The Labute approximate surface area is 191 Å². The lowest BCUT2D eigenvalue weighted by atomic mass is 10.0. The second kappa shape index (κ2) is 8.45. The van der Waals surface area contributed by atoms with Crippen molar-refractivity contribution >= 4 is 33.8 Å². The van der Waals surface area contributed by atoms with Gasteiger partial charge in [-0.3, -0.25) is 29.0 Å². The maximum absolute atomic E-state index is 13.0. The van der Waals surface area contributed by atoms with E-state index in [1.807, 2.05) is 4.90 Å². The number of primary amides is 1. The molecule has 1 saturated heterocycles. The van der Waals surface area contributed by atoms with E-state index in [1.165, 1.54) is 18.6 Å². The molecule has 5 heterocycles. The van der Waals surface area contributed by atoms with Crippen LogP contribution in [0.1, 0.15) is 18.9 Å². The Kier molecular flexibility index (Phi) is 5.31. The van der Waals surface area contributed by atoms with Crippen LogP contribution in [0.25, 0.3) is 38.0 Å². The van der Waals surface area contributed by atoms with Gasteiger partial charge in [-0.1, -0.05) is 0 Å². The molecule has 1 fully saturated rings. The third kappa shape index (κ3) is 3.78. The van der Waals surface area contributed by atoms with Crippen molar-refractivity contribution in [2.45, 2.75) is 18.9 Å². The number of pyridine rings is 2. The quantitative estimate of drug-likeness (QED) is 0.336. The van der Waals surface area contributed by atoms with Crippen LogP contribution in [-0.4, -0.2) is 59.9 Å². The fourth-order valence-corrected chi connectivity index (χ4v) is 4.37. The van der Waals surface area contributed by atoms with E-state index in [0.29, 0.717) is 53.7 Å². The number of likely N-dealkylation sites (tertiary alicyclic amines) is 1. The molecule has 4 aromatic heterocycles. The molecule has 5 rings (SSSR count). The zero-order valence-corrected chi connectivity index (χ0v) is 17.9. The van der Waals surface area contributed by atoms with Gasteiger partial charge in [-0.25, -0.2) is 9.78 Å². The first-order valence-electron chi connectivity index (χ1n) is 10.6. The van der Waals surface area contributed by atoms with Crippen LogP contribution < -0.4 is 17.0 Å². The van der Waals surface area contributed by atoms with Crippen molar-refractivity contribution in [2.24, 2.45) is 5.73 Å². The van der Waals surface area contributed by atoms with Crippen LogP contribution in [-0.2, 0) is 4.79 Å². The Morgan fingerprint density at radius 3 is 2.56 bits per heavy atom. The summed E-state index contributed by atoms with van der Waals surface area (Å²) in [5.74, 6) is -0.368. The molecule has 0 atom stereocenters. The molecule has 0 aromatic carbocycles. The van der Waals surface area contributed by atoms with E-state index in [1.54, 1.807) is 16.7 Å². The number of nitrogens with one attached hydrogen (secondary N) is 1. The van der Waals surface area contributed by atoms with Gasteiger partial charge in [0.1, 0.15) is 5.52 Å². The predicted molar refractivity (Wildman–Crippen MR) is 123 cm³/mol. The maximum Gasteiger partial charge on any atom is 0.371 e. The second-order valence-electron chi connectivity index (χ2n) is 8.07. The predicted octanol–water partition coefficient (Wildman–Crippen LogP) is 0.763. The van der Waals surface area contributed by atoms with Gasteiger partial charge in [0.25, 0.3) is 5.56 Å². The minimum absolute atomic E-state index is 0.0275. The highest BCUT2D eigenvalue weighted by atomic mass is 16.2. The van der Waals surface area contributed by atoms with Crippen LogP contribution in [0, 0.1) is 6.57 Å². The van der Waals surface area contributed by atoms with Crippen LogP contribution in [0.3, 0.4) is 0 Å². The summed E-state index contributed by atoms with van der Waals surface area (Å²) in [6.07, 6.45) is 5.65. The van der Waals surface area contributed by atoms with Crippen molar-refractivity contribution < 1.29 is 4.79 Å². The van der Waals surface area contributed by atoms with Crippen molar-refractivity contribution in [1.82, 2.24) is 34.4 Å². The molecular weight excluding hydrogens is 438 g/mol. The Bertz CT molecular complexity index is 1580. The molecule has 0 bridgehead atoms. The molecule has 0 radical (unpaired) electrons. The molecular formula is C22H19N9O3. The normalized spacial score (nSPS) is 14.9. The summed E-state index contributed by atoms with van der Waals surface area (Å²) < 4.78 is 1.58. The molecule has 4 aromatic rings. The number of aromatic amines is 1. The molecule has 1 aliphatic heterocycles. The number of fused-ring (bicyclic) bond motifs is 3. The standard InChI is InChI=1S/C22H19N9O3/c1-24-21-26-8-12(9-27-21)15-2-3-16-18(28-15)19-14(10-25-16)20(33)29-22(34)31(19)13-4-6-30(7-5-13)11-17(23)32/h2-3,8-10,13H,4-7,11H2,(H2,23,32)(H,29,33,34). The first-order valence-corrected chi connectivity index (χ1v) is 10.6. The van der Waals surface area contributed by atoms with Crippen molar-refractivity contribution in [2.75, 3.05) is 19.6 Å². The van der Waals surface area contributed by atoms with Gasteiger partial charge in [0.2, 0.25) is 5.91 Å². The Morgan fingerprint density at radius 1 is 1.15 bits per heavy atom. The number of piperidine rings is 1. The molecule has 1 aliphatic rings. The van der Waals surface area contributed by atoms with E-state index >= 15 is 0 Å². The number of H-pyrrole nitrogens is 1. The minimum Gasteiger partial charge on any atom is -0.394 e. The average Bonchev–Trinajstić information content (AvgIpc) is 2.84. The third-order valence-electron chi connectivity index (χ3n) is 5.95. The molecule has 0 saturated carbocycles. The molecule has 0 unspecified atom stereocenters. The zero-order valence-electron chi connectivity index (χ0n) is 17.9. The largest absolute Gasteiger partial charge is 0.394 e. The topological polar surface area (TPSA) is 157 Å². The first-order chi connectivity index (χ1) is 16.4. The number of rotatable bonds is 4. The van der Waals surface area contributed by atoms with E-state index in [-0.39, 0.29) is 23.9 Å². The molecule has 0 spiro atoms. The number of carbonyl (C=O) groups is 1. The van der Waals surface area contributed by atoms with Gasteiger partial charge in [0, 0.05) is 25.3 Å². The summed E-state index contributed by atoms with van der Waals surface area (Å²) in [4.78, 5) is 61.5. The second-order valence-corrected chi connectivity index (χ2v) is 8.07. The highest BCUT2D eigenvalue weighted by Crippen LogP contribution is 2.28. The monoisotopic (exact) mass is 457 g/mol. The summed E-state index contributed by atoms with van der Waals surface area (Å²) in [5.41, 5.74) is 6.72. The van der Waals surface area contributed by atoms with Gasteiger partial charge in [-0.05, 0) is 25.0 Å². The summed E-state index contributed by atoms with van der Waals surface area (Å²) in [7, 11) is 0. The molecule has 34 heavy (non-hydrogen) atoms. The number of amides is 1. The summed E-state index contributed by atoms with van der Waals surface area (Å²) in [6.45, 7) is 8.36. The number of hydrogen-bond donors (Lipinski definition) is 2. The molecule has 12 nitrogen and oxygen atoms in total. The summed E-state index contributed by atoms with van der Waals surface area (Å²) in [6, 6.07) is 3.30. The fourth-order valence-electron chi connectivity index (χ4n) is 4.37. The SMILES string of the molecule is [C-]#[N+]c1ncc(-c2ccc3ncc4c(=O)[nH]c(=O)n(C5CCN(CC(N)=O)CC5)c4c3n2)cn1. The Morgan fingerprint density at radius 2 is 1.88 bits per heavy atom. The van der Waals surface area contributed by atoms with Crippen LogP contribution >= 0.6 is 0 Å². The lowest BCUT2D eigenvalue weighted by Crippen LogP contribution is -2.42. The van der Waals surface area contributed by atoms with Gasteiger partial charge in [-0.2, -0.15) is 9.97 Å². The highest BCUT2D eigenvalue weighted by Gasteiger charge is 2.25. The van der Waals surface area contributed by atoms with Gasteiger partial charge in [0.05, 0.1) is 46.6 Å². The number of nitrogens with two attached hydrogens (primary N) is 1. The van der Waals surface area contributed by atoms with E-state index in [0.717, 1.165) is 0 Å². The lowest BCUT2D eigenvalue weighted by Gasteiger charge is -2.32. The zero-order chi connectivity index (χ0) is 23.8. The smallest absolute Gasteiger partial charge is 0.371 e. The average molecular weight is 457 g/mol.